The average Bonchev–Trinajstić information content (AvgIpc) is 2.68. The Labute approximate surface area is 156 Å². The molecule has 3 aromatic carbocycles. The second kappa shape index (κ2) is 7.83. The van der Waals surface area contributed by atoms with E-state index in [4.69, 9.17) is 9.47 Å². The Hall–Kier alpha value is -3.47. The summed E-state index contributed by atoms with van der Waals surface area (Å²) in [6.07, 6.45) is 0. The number of benzene rings is 3. The fraction of sp³-hybridized carbons (Fsp3) is 0.0909. The van der Waals surface area contributed by atoms with Crippen molar-refractivity contribution in [1.82, 2.24) is 0 Å². The quantitative estimate of drug-likeness (QED) is 0.366. The number of carbonyl (C=O) groups is 2. The van der Waals surface area contributed by atoms with Crippen LogP contribution in [0.5, 0.6) is 11.5 Å². The number of rotatable bonds is 5. The Bertz CT molecular complexity index is 976. The maximum atomic E-state index is 13.9. The molecule has 0 saturated carbocycles. The standard InChI is InChI=1S/C22H17FO4/c1-14(24)20-12-7-17(13-21(20)23)22(25)27-19-10-5-16(6-11-19)15-3-8-18(26-2)9-4-15/h3-13H,1-2H3. The number of Topliss-reactive ketones (excluding diaryl/α,β-unsaturated/α-hetero) is 1. The third-order valence-corrected chi connectivity index (χ3v) is 4.07. The molecule has 5 heteroatoms. The van der Waals surface area contributed by atoms with Gasteiger partial charge in [-0.3, -0.25) is 4.79 Å². The van der Waals surface area contributed by atoms with E-state index < -0.39 is 17.6 Å². The Morgan fingerprint density at radius 3 is 1.85 bits per heavy atom. The number of hydrogen-bond donors (Lipinski definition) is 0. The van der Waals surface area contributed by atoms with Gasteiger partial charge in [-0.15, -0.1) is 0 Å². The van der Waals surface area contributed by atoms with Gasteiger partial charge in [0.1, 0.15) is 17.3 Å². The summed E-state index contributed by atoms with van der Waals surface area (Å²) >= 11 is 0. The first kappa shape index (κ1) is 18.3. The van der Waals surface area contributed by atoms with Crippen molar-refractivity contribution in [1.29, 1.82) is 0 Å². The van der Waals surface area contributed by atoms with E-state index in [-0.39, 0.29) is 11.1 Å². The predicted molar refractivity (Wildman–Crippen MR) is 99.8 cm³/mol. The van der Waals surface area contributed by atoms with Crippen molar-refractivity contribution in [3.63, 3.8) is 0 Å². The first-order valence-corrected chi connectivity index (χ1v) is 8.25. The normalized spacial score (nSPS) is 10.3. The van der Waals surface area contributed by atoms with E-state index in [0.29, 0.717) is 5.75 Å². The maximum absolute atomic E-state index is 13.9. The molecule has 0 unspecified atom stereocenters. The fourth-order valence-electron chi connectivity index (χ4n) is 2.59. The summed E-state index contributed by atoms with van der Waals surface area (Å²) in [5.41, 5.74) is 1.93. The van der Waals surface area contributed by atoms with Crippen LogP contribution in [0.25, 0.3) is 11.1 Å². The zero-order valence-corrected chi connectivity index (χ0v) is 14.9. The molecule has 0 aliphatic rings. The van der Waals surface area contributed by atoms with Gasteiger partial charge in [0.15, 0.2) is 5.78 Å². The lowest BCUT2D eigenvalue weighted by atomic mass is 10.1. The van der Waals surface area contributed by atoms with Gasteiger partial charge in [-0.1, -0.05) is 24.3 Å². The highest BCUT2D eigenvalue weighted by Gasteiger charge is 2.14. The van der Waals surface area contributed by atoms with Crippen LogP contribution in [0.15, 0.2) is 66.7 Å². The Morgan fingerprint density at radius 1 is 0.815 bits per heavy atom. The topological polar surface area (TPSA) is 52.6 Å². The largest absolute Gasteiger partial charge is 0.497 e. The smallest absolute Gasteiger partial charge is 0.343 e. The molecule has 0 aromatic heterocycles. The van der Waals surface area contributed by atoms with Gasteiger partial charge in [0, 0.05) is 0 Å². The van der Waals surface area contributed by atoms with Crippen LogP contribution in [0, 0.1) is 5.82 Å². The molecule has 27 heavy (non-hydrogen) atoms. The molecule has 0 aliphatic carbocycles. The number of hydrogen-bond acceptors (Lipinski definition) is 4. The van der Waals surface area contributed by atoms with Crippen LogP contribution in [0.4, 0.5) is 4.39 Å². The number of halogens is 1. The summed E-state index contributed by atoms with van der Waals surface area (Å²) in [6, 6.07) is 18.2. The van der Waals surface area contributed by atoms with Gasteiger partial charge in [-0.25, -0.2) is 9.18 Å². The van der Waals surface area contributed by atoms with Crippen molar-refractivity contribution in [2.45, 2.75) is 6.92 Å². The minimum atomic E-state index is -0.744. The monoisotopic (exact) mass is 364 g/mol. The minimum Gasteiger partial charge on any atom is -0.497 e. The van der Waals surface area contributed by atoms with Gasteiger partial charge in [0.05, 0.1) is 18.2 Å². The molecular formula is C22H17FO4. The third-order valence-electron chi connectivity index (χ3n) is 4.07. The van der Waals surface area contributed by atoms with Crippen molar-refractivity contribution in [2.75, 3.05) is 7.11 Å². The van der Waals surface area contributed by atoms with E-state index in [1.165, 1.54) is 19.1 Å². The third kappa shape index (κ3) is 4.20. The minimum absolute atomic E-state index is 0.0386. The molecule has 3 rings (SSSR count). The second-order valence-electron chi connectivity index (χ2n) is 5.89. The van der Waals surface area contributed by atoms with Crippen LogP contribution in [0.2, 0.25) is 0 Å². The highest BCUT2D eigenvalue weighted by molar-refractivity contribution is 5.96. The van der Waals surface area contributed by atoms with Gasteiger partial charge < -0.3 is 9.47 Å². The molecule has 0 aliphatic heterocycles. The maximum Gasteiger partial charge on any atom is 0.343 e. The fourth-order valence-corrected chi connectivity index (χ4v) is 2.59. The molecule has 0 spiro atoms. The van der Waals surface area contributed by atoms with E-state index in [9.17, 15) is 14.0 Å². The van der Waals surface area contributed by atoms with Gasteiger partial charge >= 0.3 is 5.97 Å². The molecule has 0 bridgehead atoms. The molecular weight excluding hydrogens is 347 g/mol. The van der Waals surface area contributed by atoms with Gasteiger partial charge in [-0.05, 0) is 60.5 Å². The lowest BCUT2D eigenvalue weighted by Crippen LogP contribution is -2.10. The summed E-state index contributed by atoms with van der Waals surface area (Å²) in [4.78, 5) is 23.4. The molecule has 0 fully saturated rings. The molecule has 0 radical (unpaired) electrons. The van der Waals surface area contributed by atoms with Crippen LogP contribution in [0.3, 0.4) is 0 Å². The van der Waals surface area contributed by atoms with Crippen LogP contribution in [0.1, 0.15) is 27.6 Å². The second-order valence-corrected chi connectivity index (χ2v) is 5.89. The molecule has 136 valence electrons. The van der Waals surface area contributed by atoms with Gasteiger partial charge in [-0.2, -0.15) is 0 Å². The Morgan fingerprint density at radius 2 is 1.37 bits per heavy atom. The molecule has 3 aromatic rings. The lowest BCUT2D eigenvalue weighted by Gasteiger charge is -2.07. The zero-order valence-electron chi connectivity index (χ0n) is 14.9. The average molecular weight is 364 g/mol. The number of ether oxygens (including phenoxy) is 2. The van der Waals surface area contributed by atoms with Crippen molar-refractivity contribution in [3.8, 4) is 22.6 Å². The summed E-state index contributed by atoms with van der Waals surface area (Å²) in [5.74, 6) is -0.727. The summed E-state index contributed by atoms with van der Waals surface area (Å²) in [5, 5.41) is 0. The van der Waals surface area contributed by atoms with Crippen LogP contribution in [-0.4, -0.2) is 18.9 Å². The Kier molecular flexibility index (Phi) is 5.31. The predicted octanol–water partition coefficient (Wildman–Crippen LogP) is 4.92. The molecule has 0 saturated heterocycles. The van der Waals surface area contributed by atoms with Crippen LogP contribution < -0.4 is 9.47 Å². The SMILES string of the molecule is COc1ccc(-c2ccc(OC(=O)c3ccc(C(C)=O)c(F)c3)cc2)cc1. The van der Waals surface area contributed by atoms with Gasteiger partial charge in [0.25, 0.3) is 0 Å². The molecule has 0 heterocycles. The molecule has 0 N–H and O–H groups in total. The zero-order chi connectivity index (χ0) is 19.4. The lowest BCUT2D eigenvalue weighted by molar-refractivity contribution is 0.0733. The van der Waals surface area contributed by atoms with E-state index in [0.717, 1.165) is 22.9 Å². The summed E-state index contributed by atoms with van der Waals surface area (Å²) < 4.78 is 24.3. The van der Waals surface area contributed by atoms with Crippen LogP contribution >= 0.6 is 0 Å². The van der Waals surface area contributed by atoms with E-state index in [1.807, 2.05) is 36.4 Å². The number of ketones is 1. The number of methoxy groups -OCH3 is 1. The van der Waals surface area contributed by atoms with Crippen molar-refractivity contribution in [2.24, 2.45) is 0 Å². The molecule has 0 amide bonds. The van der Waals surface area contributed by atoms with Crippen LogP contribution in [-0.2, 0) is 0 Å². The van der Waals surface area contributed by atoms with Crippen molar-refractivity contribution < 1.29 is 23.5 Å². The highest BCUT2D eigenvalue weighted by atomic mass is 19.1. The molecule has 0 atom stereocenters. The number of carbonyl (C=O) groups excluding carboxylic acids is 2. The Balaban J connectivity index is 1.73. The molecule has 4 nitrogen and oxygen atoms in total. The first-order valence-electron chi connectivity index (χ1n) is 8.25. The van der Waals surface area contributed by atoms with Crippen molar-refractivity contribution >= 4 is 11.8 Å². The first-order chi connectivity index (χ1) is 13.0. The van der Waals surface area contributed by atoms with Gasteiger partial charge in [0.2, 0.25) is 0 Å². The number of esters is 1. The van der Waals surface area contributed by atoms with E-state index in [1.54, 1.807) is 19.2 Å². The van der Waals surface area contributed by atoms with Crippen molar-refractivity contribution in [3.05, 3.63) is 83.7 Å². The summed E-state index contributed by atoms with van der Waals surface area (Å²) in [6.45, 7) is 1.26. The highest BCUT2D eigenvalue weighted by Crippen LogP contribution is 2.25. The summed E-state index contributed by atoms with van der Waals surface area (Å²) in [7, 11) is 1.61. The van der Waals surface area contributed by atoms with E-state index >= 15 is 0 Å². The van der Waals surface area contributed by atoms with E-state index in [2.05, 4.69) is 0 Å².